The van der Waals surface area contributed by atoms with Gasteiger partial charge < -0.3 is 19.1 Å². The molecule has 3 rings (SSSR count). The van der Waals surface area contributed by atoms with Crippen molar-refractivity contribution in [2.75, 3.05) is 6.61 Å². The summed E-state index contributed by atoms with van der Waals surface area (Å²) in [6, 6.07) is 20.7. The Morgan fingerprint density at radius 2 is 1.81 bits per heavy atom. The predicted molar refractivity (Wildman–Crippen MR) is 125 cm³/mol. The molecule has 0 saturated heterocycles. The van der Waals surface area contributed by atoms with Crippen molar-refractivity contribution in [1.29, 1.82) is 0 Å². The number of para-hydroxylation sites is 2. The Bertz CT molecular complexity index is 1010. The van der Waals surface area contributed by atoms with Crippen LogP contribution in [-0.4, -0.2) is 34.6 Å². The monoisotopic (exact) mass is 421 g/mol. The van der Waals surface area contributed by atoms with Gasteiger partial charge in [0.05, 0.1) is 24.3 Å². The van der Waals surface area contributed by atoms with E-state index in [1.54, 1.807) is 16.7 Å². The van der Waals surface area contributed by atoms with Crippen LogP contribution in [0.25, 0.3) is 10.9 Å². The fraction of sp³-hybridized carbons (Fsp3) is 0.346. The van der Waals surface area contributed by atoms with Crippen LogP contribution < -0.4 is 10.3 Å². The van der Waals surface area contributed by atoms with Crippen LogP contribution in [0.3, 0.4) is 0 Å². The van der Waals surface area contributed by atoms with Crippen LogP contribution >= 0.6 is 0 Å². The number of rotatable bonds is 12. The topological polar surface area (TPSA) is 60.7 Å². The van der Waals surface area contributed by atoms with E-state index in [2.05, 4.69) is 6.58 Å². The van der Waals surface area contributed by atoms with E-state index in [1.165, 1.54) is 0 Å². The Morgan fingerprint density at radius 3 is 2.55 bits per heavy atom. The molecule has 31 heavy (non-hydrogen) atoms. The number of aliphatic hydroxyl groups is 1. The van der Waals surface area contributed by atoms with E-state index >= 15 is 0 Å². The Morgan fingerprint density at radius 1 is 1.06 bits per heavy atom. The fourth-order valence-corrected chi connectivity index (χ4v) is 3.71. The summed E-state index contributed by atoms with van der Waals surface area (Å²) >= 11 is 0. The zero-order chi connectivity index (χ0) is 22.1. The second-order valence-corrected chi connectivity index (χ2v) is 7.60. The van der Waals surface area contributed by atoms with Crippen LogP contribution in [-0.2, 0) is 11.3 Å². The molecule has 0 spiro atoms. The number of aromatic nitrogens is 1. The molecule has 164 valence electrons. The summed E-state index contributed by atoms with van der Waals surface area (Å²) in [5, 5.41) is 12.0. The summed E-state index contributed by atoms with van der Waals surface area (Å²) in [7, 11) is 0. The highest BCUT2D eigenvalue weighted by Crippen LogP contribution is 2.20. The van der Waals surface area contributed by atoms with Crippen molar-refractivity contribution in [2.24, 2.45) is 0 Å². The molecular weight excluding hydrogens is 390 g/mol. The molecule has 0 aliphatic carbocycles. The van der Waals surface area contributed by atoms with E-state index in [1.807, 2.05) is 67.6 Å². The average molecular weight is 422 g/mol. The molecule has 1 heterocycles. The lowest BCUT2D eigenvalue weighted by Gasteiger charge is -2.27. The first-order valence-corrected chi connectivity index (χ1v) is 10.8. The van der Waals surface area contributed by atoms with Crippen molar-refractivity contribution < 1.29 is 14.6 Å². The largest absolute Gasteiger partial charge is 0.488 e. The van der Waals surface area contributed by atoms with Crippen LogP contribution in [0, 0.1) is 0 Å². The summed E-state index contributed by atoms with van der Waals surface area (Å²) in [6.07, 6.45) is 2.13. The van der Waals surface area contributed by atoms with E-state index in [4.69, 9.17) is 9.47 Å². The summed E-state index contributed by atoms with van der Waals surface area (Å²) in [5.74, 6) is 0.692. The molecule has 0 bridgehead atoms. The number of hydrogen-bond donors (Lipinski definition) is 1. The summed E-state index contributed by atoms with van der Waals surface area (Å²) in [5.41, 5.74) is 0.816. The lowest BCUT2D eigenvalue weighted by Crippen LogP contribution is -2.37. The minimum atomic E-state index is -0.736. The molecule has 3 unspecified atom stereocenters. The first-order chi connectivity index (χ1) is 15.1. The number of hydrogen-bond acceptors (Lipinski definition) is 4. The number of benzene rings is 2. The quantitative estimate of drug-likeness (QED) is 0.435. The van der Waals surface area contributed by atoms with Gasteiger partial charge >= 0.3 is 0 Å². The number of fused-ring (bicyclic) bond motifs is 1. The molecule has 3 aromatic rings. The maximum absolute atomic E-state index is 12.5. The molecule has 0 amide bonds. The van der Waals surface area contributed by atoms with E-state index in [0.717, 1.165) is 17.3 Å². The van der Waals surface area contributed by atoms with Gasteiger partial charge in [0.2, 0.25) is 0 Å². The maximum atomic E-state index is 12.5. The standard InChI is InChI=1S/C26H31NO4/c1-3-18-30-21(4-2)19-24(28)25(31-22-11-6-5-7-12-22)16-17-27-23-13-9-8-10-20(23)14-15-26(27)29/h3,5-15,21,24-25,28H,1,4,16-19H2,2H3. The van der Waals surface area contributed by atoms with Crippen molar-refractivity contribution in [2.45, 2.75) is 51.0 Å². The number of nitrogens with zero attached hydrogens (tertiary/aromatic N) is 1. The van der Waals surface area contributed by atoms with Gasteiger partial charge in [-0.15, -0.1) is 6.58 Å². The Kier molecular flexibility index (Phi) is 8.44. The van der Waals surface area contributed by atoms with Crippen molar-refractivity contribution in [3.63, 3.8) is 0 Å². The molecule has 5 heteroatoms. The van der Waals surface area contributed by atoms with E-state index in [9.17, 15) is 9.90 Å². The van der Waals surface area contributed by atoms with Crippen LogP contribution in [0.5, 0.6) is 5.75 Å². The Balaban J connectivity index is 1.79. The van der Waals surface area contributed by atoms with Gasteiger partial charge in [0.25, 0.3) is 5.56 Å². The maximum Gasteiger partial charge on any atom is 0.251 e. The smallest absolute Gasteiger partial charge is 0.251 e. The van der Waals surface area contributed by atoms with Gasteiger partial charge in [0.15, 0.2) is 0 Å². The molecule has 0 aliphatic heterocycles. The number of ether oxygens (including phenoxy) is 2. The highest BCUT2D eigenvalue weighted by atomic mass is 16.5. The van der Waals surface area contributed by atoms with E-state index in [-0.39, 0.29) is 11.7 Å². The molecule has 0 fully saturated rings. The first kappa shape index (κ1) is 22.8. The third-order valence-corrected chi connectivity index (χ3v) is 5.41. The van der Waals surface area contributed by atoms with Gasteiger partial charge in [-0.3, -0.25) is 4.79 Å². The third-order valence-electron chi connectivity index (χ3n) is 5.41. The van der Waals surface area contributed by atoms with Crippen molar-refractivity contribution in [3.05, 3.63) is 89.7 Å². The predicted octanol–water partition coefficient (Wildman–Crippen LogP) is 4.57. The van der Waals surface area contributed by atoms with Crippen LogP contribution in [0.2, 0.25) is 0 Å². The van der Waals surface area contributed by atoms with Gasteiger partial charge in [0.1, 0.15) is 11.9 Å². The second-order valence-electron chi connectivity index (χ2n) is 7.60. The van der Waals surface area contributed by atoms with Gasteiger partial charge in [-0.1, -0.05) is 49.4 Å². The summed E-state index contributed by atoms with van der Waals surface area (Å²) < 4.78 is 13.7. The lowest BCUT2D eigenvalue weighted by molar-refractivity contribution is -0.0239. The van der Waals surface area contributed by atoms with Gasteiger partial charge in [-0.2, -0.15) is 0 Å². The minimum absolute atomic E-state index is 0.0626. The van der Waals surface area contributed by atoms with Crippen LogP contribution in [0.15, 0.2) is 84.2 Å². The molecular formula is C26H31NO4. The molecule has 2 aromatic carbocycles. The van der Waals surface area contributed by atoms with Gasteiger partial charge in [-0.05, 0) is 36.1 Å². The molecule has 5 nitrogen and oxygen atoms in total. The van der Waals surface area contributed by atoms with Crippen molar-refractivity contribution in [1.82, 2.24) is 4.57 Å². The highest BCUT2D eigenvalue weighted by Gasteiger charge is 2.25. The molecule has 1 N–H and O–H groups in total. The molecule has 3 atom stereocenters. The molecule has 1 aromatic heterocycles. The van der Waals surface area contributed by atoms with Crippen LogP contribution in [0.1, 0.15) is 26.2 Å². The fourth-order valence-electron chi connectivity index (χ4n) is 3.71. The second kappa shape index (κ2) is 11.5. The van der Waals surface area contributed by atoms with Crippen molar-refractivity contribution >= 4 is 10.9 Å². The number of aliphatic hydroxyl groups excluding tert-OH is 1. The van der Waals surface area contributed by atoms with Gasteiger partial charge in [-0.25, -0.2) is 0 Å². The number of pyridine rings is 1. The Hall–Kier alpha value is -2.89. The van der Waals surface area contributed by atoms with E-state index < -0.39 is 12.2 Å². The van der Waals surface area contributed by atoms with E-state index in [0.29, 0.717) is 31.7 Å². The zero-order valence-electron chi connectivity index (χ0n) is 18.0. The Labute approximate surface area is 183 Å². The van der Waals surface area contributed by atoms with Gasteiger partial charge in [0, 0.05) is 25.5 Å². The van der Waals surface area contributed by atoms with Crippen molar-refractivity contribution in [3.8, 4) is 5.75 Å². The molecule has 0 aliphatic rings. The molecule has 0 radical (unpaired) electrons. The van der Waals surface area contributed by atoms with Crippen LogP contribution in [0.4, 0.5) is 0 Å². The average Bonchev–Trinajstić information content (AvgIpc) is 2.80. The molecule has 0 saturated carbocycles. The number of aryl methyl sites for hydroxylation is 1. The first-order valence-electron chi connectivity index (χ1n) is 10.8. The highest BCUT2D eigenvalue weighted by molar-refractivity contribution is 5.78. The zero-order valence-corrected chi connectivity index (χ0v) is 18.0. The SMILES string of the molecule is C=CCOC(CC)CC(O)C(CCn1c(=O)ccc2ccccc21)Oc1ccccc1. The third kappa shape index (κ3) is 6.29. The minimum Gasteiger partial charge on any atom is -0.488 e. The summed E-state index contributed by atoms with van der Waals surface area (Å²) in [4.78, 5) is 12.5. The normalized spacial score (nSPS) is 14.1. The summed E-state index contributed by atoms with van der Waals surface area (Å²) in [6.45, 7) is 6.61. The lowest BCUT2D eigenvalue weighted by atomic mass is 10.0.